The van der Waals surface area contributed by atoms with Crippen LogP contribution in [0, 0.1) is 0 Å². The van der Waals surface area contributed by atoms with Crippen molar-refractivity contribution in [2.45, 2.75) is 0 Å². The Morgan fingerprint density at radius 3 is 2.33 bits per heavy atom. The van der Waals surface area contributed by atoms with Crippen molar-refractivity contribution in [2.24, 2.45) is 0 Å². The second-order valence-electron chi connectivity index (χ2n) is 2.66. The molecule has 0 aliphatic rings. The Balaban J connectivity index is 0.00000196. The van der Waals surface area contributed by atoms with Crippen molar-refractivity contribution >= 4 is 40.6 Å². The Hall–Kier alpha value is 1.22. The van der Waals surface area contributed by atoms with Gasteiger partial charge in [0.2, 0.25) is 0 Å². The van der Waals surface area contributed by atoms with E-state index in [9.17, 15) is 12.9 Å². The Bertz CT molecular complexity index is 367. The van der Waals surface area contributed by atoms with Gasteiger partial charge in [-0.2, -0.15) is 0 Å². The van der Waals surface area contributed by atoms with E-state index in [0.29, 0.717) is 15.1 Å². The molecule has 0 nitrogen and oxygen atoms in total. The Kier molecular flexibility index (Phi) is 7.39. The number of rotatable bonds is 2. The smallest absolute Gasteiger partial charge is 0.445 e. The molecule has 0 aliphatic carbocycles. The third kappa shape index (κ3) is 6.51. The van der Waals surface area contributed by atoms with Crippen molar-refractivity contribution in [1.29, 1.82) is 0 Å². The molecule has 0 heterocycles. The van der Waals surface area contributed by atoms with Crippen LogP contribution in [0.25, 0.3) is 6.08 Å². The summed E-state index contributed by atoms with van der Waals surface area (Å²) in [6.07, 6.45) is 1.01. The Morgan fingerprint density at radius 1 is 1.27 bits per heavy atom. The van der Waals surface area contributed by atoms with Gasteiger partial charge in [-0.3, -0.25) is 0 Å². The van der Waals surface area contributed by atoms with Gasteiger partial charge in [0.25, 0.3) is 0 Å². The van der Waals surface area contributed by atoms with Gasteiger partial charge in [0, 0.05) is 4.47 Å². The molecule has 0 saturated carbocycles. The fraction of sp³-hybridized carbons (Fsp3) is 0. The summed E-state index contributed by atoms with van der Waals surface area (Å²) in [7, 11) is 0. The van der Waals surface area contributed by atoms with E-state index in [2.05, 4.69) is 15.9 Å². The first-order valence-corrected chi connectivity index (χ1v) is 4.90. The first-order chi connectivity index (χ1) is 6.38. The van der Waals surface area contributed by atoms with Gasteiger partial charge < -0.3 is 12.9 Å². The average Bonchev–Trinajstić information content (AvgIpc) is 2.06. The van der Waals surface area contributed by atoms with E-state index >= 15 is 0 Å². The minimum Gasteiger partial charge on any atom is -0.445 e. The van der Waals surface area contributed by atoms with Gasteiger partial charge in [-0.1, -0.05) is 23.7 Å². The molecule has 7 heteroatoms. The molecule has 0 atom stereocenters. The van der Waals surface area contributed by atoms with Crippen molar-refractivity contribution in [1.82, 2.24) is 0 Å². The maximum Gasteiger partial charge on any atom is 1.00 e. The van der Waals surface area contributed by atoms with Crippen molar-refractivity contribution < 1.29 is 64.3 Å². The summed E-state index contributed by atoms with van der Waals surface area (Å²) in [6.45, 7) is -4.88. The first-order valence-electron chi connectivity index (χ1n) is 3.73. The minimum absolute atomic E-state index is 0. The monoisotopic (exact) mass is 322 g/mol. The standard InChI is InChI=1S/C8H5BBrClF3.K/c10-7-5-6(1-2-8(7)11)3-4-9(12,13)14;/h1-5H;/q-1;+1/b4-3+;. The van der Waals surface area contributed by atoms with Gasteiger partial charge in [0.1, 0.15) is 0 Å². The fourth-order valence-corrected chi connectivity index (χ4v) is 1.35. The molecule has 76 valence electrons. The van der Waals surface area contributed by atoms with E-state index in [4.69, 9.17) is 11.6 Å². The molecule has 0 radical (unpaired) electrons. The van der Waals surface area contributed by atoms with E-state index in [1.54, 1.807) is 0 Å². The molecule has 1 aromatic carbocycles. The molecule has 0 bridgehead atoms. The van der Waals surface area contributed by atoms with E-state index < -0.39 is 6.98 Å². The van der Waals surface area contributed by atoms with Crippen LogP contribution in [-0.4, -0.2) is 6.98 Å². The van der Waals surface area contributed by atoms with E-state index in [1.165, 1.54) is 18.2 Å². The molecular formula is C8H5BBrClF3K. The summed E-state index contributed by atoms with van der Waals surface area (Å²) in [5.41, 5.74) is 0.459. The van der Waals surface area contributed by atoms with Crippen molar-refractivity contribution in [3.05, 3.63) is 39.2 Å². The zero-order chi connectivity index (χ0) is 10.8. The van der Waals surface area contributed by atoms with Crippen LogP contribution in [-0.2, 0) is 0 Å². The first kappa shape index (κ1) is 16.2. The average molecular weight is 323 g/mol. The molecule has 0 unspecified atom stereocenters. The number of hydrogen-bond donors (Lipinski definition) is 0. The van der Waals surface area contributed by atoms with Crippen molar-refractivity contribution in [3.8, 4) is 0 Å². The van der Waals surface area contributed by atoms with Crippen LogP contribution in [0.15, 0.2) is 28.6 Å². The summed E-state index contributed by atoms with van der Waals surface area (Å²) >= 11 is 8.81. The molecule has 0 N–H and O–H groups in total. The van der Waals surface area contributed by atoms with Gasteiger partial charge in [0.05, 0.1) is 5.02 Å². The Morgan fingerprint density at radius 2 is 1.87 bits per heavy atom. The molecule has 15 heavy (non-hydrogen) atoms. The molecule has 0 saturated heterocycles. The maximum atomic E-state index is 11.9. The number of halogens is 5. The van der Waals surface area contributed by atoms with Crippen molar-refractivity contribution in [2.75, 3.05) is 0 Å². The SMILES string of the molecule is F[B-](F)(F)/C=C/c1ccc(Cl)c(Br)c1.[K+]. The second-order valence-corrected chi connectivity index (χ2v) is 3.92. The largest absolute Gasteiger partial charge is 1.00 e. The predicted octanol–water partition coefficient (Wildman–Crippen LogP) is 1.51. The molecule has 1 aromatic rings. The normalized spacial score (nSPS) is 11.5. The van der Waals surface area contributed by atoms with Crippen LogP contribution in [0.5, 0.6) is 0 Å². The summed E-state index contributed by atoms with van der Waals surface area (Å²) in [6, 6.07) is 4.58. The third-order valence-corrected chi connectivity index (χ3v) is 2.66. The topological polar surface area (TPSA) is 0 Å². The van der Waals surface area contributed by atoms with Crippen LogP contribution in [0.2, 0.25) is 5.02 Å². The predicted molar refractivity (Wildman–Crippen MR) is 57.3 cm³/mol. The number of hydrogen-bond acceptors (Lipinski definition) is 0. The van der Waals surface area contributed by atoms with Crippen LogP contribution in [0.3, 0.4) is 0 Å². The number of benzene rings is 1. The molecule has 0 spiro atoms. The van der Waals surface area contributed by atoms with Gasteiger partial charge >= 0.3 is 58.4 Å². The maximum absolute atomic E-state index is 11.9. The zero-order valence-electron chi connectivity index (χ0n) is 7.85. The van der Waals surface area contributed by atoms with Crippen LogP contribution < -0.4 is 51.4 Å². The van der Waals surface area contributed by atoms with Gasteiger partial charge in [-0.05, 0) is 33.6 Å². The fourth-order valence-electron chi connectivity index (χ4n) is 0.836. The zero-order valence-corrected chi connectivity index (χ0v) is 13.3. The third-order valence-electron chi connectivity index (χ3n) is 1.45. The molecule has 0 aliphatic heterocycles. The molecule has 0 fully saturated rings. The van der Waals surface area contributed by atoms with E-state index in [1.807, 2.05) is 0 Å². The van der Waals surface area contributed by atoms with E-state index in [-0.39, 0.29) is 57.4 Å². The quantitative estimate of drug-likeness (QED) is 0.724. The Labute approximate surface area is 142 Å². The van der Waals surface area contributed by atoms with E-state index in [0.717, 1.165) is 6.08 Å². The molecule has 0 amide bonds. The second kappa shape index (κ2) is 6.84. The van der Waals surface area contributed by atoms with Gasteiger partial charge in [-0.25, -0.2) is 0 Å². The minimum atomic E-state index is -4.88. The summed E-state index contributed by atoms with van der Waals surface area (Å²) in [5.74, 6) is 0.246. The van der Waals surface area contributed by atoms with Crippen LogP contribution >= 0.6 is 27.5 Å². The van der Waals surface area contributed by atoms with Crippen LogP contribution in [0.4, 0.5) is 12.9 Å². The van der Waals surface area contributed by atoms with Gasteiger partial charge in [-0.15, -0.1) is 5.98 Å². The van der Waals surface area contributed by atoms with Gasteiger partial charge in [0.15, 0.2) is 0 Å². The molecular weight excluding hydrogens is 318 g/mol. The van der Waals surface area contributed by atoms with Crippen molar-refractivity contribution in [3.63, 3.8) is 0 Å². The summed E-state index contributed by atoms with van der Waals surface area (Å²) in [5, 5.41) is 0.472. The summed E-state index contributed by atoms with van der Waals surface area (Å²) in [4.78, 5) is 0. The van der Waals surface area contributed by atoms with Crippen LogP contribution in [0.1, 0.15) is 5.56 Å². The summed E-state index contributed by atoms with van der Waals surface area (Å²) < 4.78 is 36.2. The molecule has 0 aromatic heterocycles. The molecule has 1 rings (SSSR count).